The Kier molecular flexibility index (Phi) is 2.91. The lowest BCUT2D eigenvalue weighted by Crippen LogP contribution is -2.17. The molecular formula is C12H14N4O. The third-order valence-electron chi connectivity index (χ3n) is 2.66. The number of aromatic nitrogens is 3. The van der Waals surface area contributed by atoms with E-state index < -0.39 is 5.69 Å². The highest BCUT2D eigenvalue weighted by atomic mass is 16.1. The minimum absolute atomic E-state index is 0.00702. The first-order valence-corrected chi connectivity index (χ1v) is 5.33. The fourth-order valence-corrected chi connectivity index (χ4v) is 1.64. The van der Waals surface area contributed by atoms with Gasteiger partial charge in [0.1, 0.15) is 5.82 Å². The van der Waals surface area contributed by atoms with E-state index in [0.717, 1.165) is 5.56 Å². The average Bonchev–Trinajstić information content (AvgIpc) is 2.22. The highest BCUT2D eigenvalue weighted by Crippen LogP contribution is 2.11. The molecule has 0 bridgehead atoms. The van der Waals surface area contributed by atoms with Crippen molar-refractivity contribution in [3.8, 4) is 0 Å². The summed E-state index contributed by atoms with van der Waals surface area (Å²) in [5.41, 5.74) is 8.50. The Labute approximate surface area is 98.7 Å². The molecule has 1 heterocycles. The molecule has 17 heavy (non-hydrogen) atoms. The quantitative estimate of drug-likeness (QED) is 0.804. The first-order chi connectivity index (χ1) is 8.04. The molecule has 1 aromatic heterocycles. The number of nitrogen functional groups attached to an aromatic ring is 1. The summed E-state index contributed by atoms with van der Waals surface area (Å²) < 4.78 is 0. The van der Waals surface area contributed by atoms with Gasteiger partial charge in [-0.25, -0.2) is 4.79 Å². The van der Waals surface area contributed by atoms with Crippen LogP contribution in [0.25, 0.3) is 0 Å². The molecule has 0 unspecified atom stereocenters. The number of rotatable bonds is 2. The maximum absolute atomic E-state index is 11.1. The van der Waals surface area contributed by atoms with Gasteiger partial charge in [0, 0.05) is 6.42 Å². The Bertz CT molecular complexity index is 604. The Morgan fingerprint density at radius 1 is 1.24 bits per heavy atom. The third-order valence-corrected chi connectivity index (χ3v) is 2.66. The molecular weight excluding hydrogens is 216 g/mol. The van der Waals surface area contributed by atoms with Crippen LogP contribution in [0.5, 0.6) is 0 Å². The van der Waals surface area contributed by atoms with Crippen molar-refractivity contribution in [3.05, 3.63) is 51.2 Å². The second-order valence-corrected chi connectivity index (χ2v) is 4.05. The normalized spacial score (nSPS) is 10.5. The van der Waals surface area contributed by atoms with Crippen LogP contribution in [0.15, 0.2) is 23.0 Å². The number of nitrogens with zero attached hydrogens (tertiary/aromatic N) is 2. The van der Waals surface area contributed by atoms with Crippen LogP contribution in [-0.4, -0.2) is 15.0 Å². The van der Waals surface area contributed by atoms with Gasteiger partial charge >= 0.3 is 5.69 Å². The number of hydrogen-bond donors (Lipinski definition) is 2. The van der Waals surface area contributed by atoms with Crippen molar-refractivity contribution in [2.75, 3.05) is 5.73 Å². The van der Waals surface area contributed by atoms with E-state index in [2.05, 4.69) is 34.9 Å². The van der Waals surface area contributed by atoms with Gasteiger partial charge in [-0.1, -0.05) is 18.2 Å². The van der Waals surface area contributed by atoms with Crippen molar-refractivity contribution in [2.24, 2.45) is 0 Å². The zero-order valence-corrected chi connectivity index (χ0v) is 9.82. The molecule has 0 aliphatic carbocycles. The lowest BCUT2D eigenvalue weighted by Gasteiger charge is -2.05. The minimum atomic E-state index is -0.462. The summed E-state index contributed by atoms with van der Waals surface area (Å²) in [6.07, 6.45) is 0.545. The molecule has 0 saturated heterocycles. The van der Waals surface area contributed by atoms with Crippen LogP contribution in [0.2, 0.25) is 0 Å². The summed E-state index contributed by atoms with van der Waals surface area (Å²) >= 11 is 0. The van der Waals surface area contributed by atoms with Gasteiger partial charge in [0.15, 0.2) is 0 Å². The van der Waals surface area contributed by atoms with Gasteiger partial charge < -0.3 is 5.73 Å². The fraction of sp³-hybridized carbons (Fsp3) is 0.250. The monoisotopic (exact) mass is 230 g/mol. The lowest BCUT2D eigenvalue weighted by atomic mass is 10.0. The van der Waals surface area contributed by atoms with Crippen LogP contribution in [0, 0.1) is 13.8 Å². The van der Waals surface area contributed by atoms with Gasteiger partial charge in [-0.15, -0.1) is 0 Å². The van der Waals surface area contributed by atoms with Crippen molar-refractivity contribution in [3.63, 3.8) is 0 Å². The third kappa shape index (κ3) is 2.69. The van der Waals surface area contributed by atoms with Crippen molar-refractivity contribution in [1.29, 1.82) is 0 Å². The molecule has 5 heteroatoms. The van der Waals surface area contributed by atoms with E-state index in [1.54, 1.807) is 0 Å². The molecule has 5 nitrogen and oxygen atoms in total. The molecule has 0 aliphatic heterocycles. The number of H-pyrrole nitrogens is 1. The minimum Gasteiger partial charge on any atom is -0.368 e. The van der Waals surface area contributed by atoms with E-state index in [4.69, 9.17) is 5.73 Å². The number of anilines is 1. The molecule has 0 saturated carbocycles. The molecule has 88 valence electrons. The van der Waals surface area contributed by atoms with Crippen LogP contribution < -0.4 is 11.4 Å². The van der Waals surface area contributed by atoms with Crippen LogP contribution in [0.1, 0.15) is 22.5 Å². The Balaban J connectivity index is 2.31. The second-order valence-electron chi connectivity index (χ2n) is 4.05. The molecule has 0 atom stereocenters. The molecule has 0 amide bonds. The van der Waals surface area contributed by atoms with Crippen LogP contribution in [-0.2, 0) is 6.42 Å². The van der Waals surface area contributed by atoms with Gasteiger partial charge in [-0.3, -0.25) is 4.98 Å². The number of aryl methyl sites for hydroxylation is 2. The van der Waals surface area contributed by atoms with Crippen molar-refractivity contribution < 1.29 is 0 Å². The van der Waals surface area contributed by atoms with E-state index in [1.807, 2.05) is 12.1 Å². The number of nitrogens with two attached hydrogens (primary N) is 1. The largest absolute Gasteiger partial charge is 0.368 e. The van der Waals surface area contributed by atoms with Gasteiger partial charge in [0.2, 0.25) is 5.95 Å². The van der Waals surface area contributed by atoms with E-state index in [0.29, 0.717) is 12.2 Å². The van der Waals surface area contributed by atoms with Crippen molar-refractivity contribution in [2.45, 2.75) is 20.3 Å². The maximum Gasteiger partial charge on any atom is 0.349 e. The van der Waals surface area contributed by atoms with Crippen LogP contribution in [0.3, 0.4) is 0 Å². The zero-order valence-electron chi connectivity index (χ0n) is 9.82. The van der Waals surface area contributed by atoms with E-state index >= 15 is 0 Å². The van der Waals surface area contributed by atoms with Gasteiger partial charge in [0.05, 0.1) is 0 Å². The van der Waals surface area contributed by atoms with E-state index in [9.17, 15) is 4.79 Å². The number of nitrogens with one attached hydrogen (secondary N) is 1. The summed E-state index contributed by atoms with van der Waals surface area (Å²) in [6.45, 7) is 4.11. The lowest BCUT2D eigenvalue weighted by molar-refractivity contribution is 0.893. The maximum atomic E-state index is 11.1. The highest BCUT2D eigenvalue weighted by molar-refractivity contribution is 5.31. The highest BCUT2D eigenvalue weighted by Gasteiger charge is 2.02. The zero-order chi connectivity index (χ0) is 12.4. The van der Waals surface area contributed by atoms with Crippen molar-refractivity contribution in [1.82, 2.24) is 15.0 Å². The number of aromatic amines is 1. The second kappa shape index (κ2) is 4.37. The smallest absolute Gasteiger partial charge is 0.349 e. The molecule has 2 aromatic rings. The molecule has 0 radical (unpaired) electrons. The molecule has 0 spiro atoms. The standard InChI is InChI=1S/C12H14N4O/c1-7-3-4-9(5-8(7)2)6-10-14-11(13)16-12(17)15-10/h3-5H,6H2,1-2H3,(H3,13,14,15,16,17). The van der Waals surface area contributed by atoms with Crippen LogP contribution in [0.4, 0.5) is 5.95 Å². The van der Waals surface area contributed by atoms with Gasteiger partial charge in [-0.05, 0) is 30.5 Å². The SMILES string of the molecule is Cc1ccc(Cc2nc(N)nc(=O)[nH]2)cc1C. The summed E-state index contributed by atoms with van der Waals surface area (Å²) in [5, 5.41) is 0. The Morgan fingerprint density at radius 3 is 2.65 bits per heavy atom. The van der Waals surface area contributed by atoms with Gasteiger partial charge in [-0.2, -0.15) is 9.97 Å². The Hall–Kier alpha value is -2.17. The molecule has 3 N–H and O–H groups in total. The predicted octanol–water partition coefficient (Wildman–Crippen LogP) is 0.955. The first kappa shape index (κ1) is 11.3. The number of benzene rings is 1. The molecule has 1 aromatic carbocycles. The summed E-state index contributed by atoms with van der Waals surface area (Å²) in [4.78, 5) is 21.2. The molecule has 2 rings (SSSR count). The van der Waals surface area contributed by atoms with Crippen LogP contribution >= 0.6 is 0 Å². The summed E-state index contributed by atoms with van der Waals surface area (Å²) in [7, 11) is 0. The van der Waals surface area contributed by atoms with E-state index in [-0.39, 0.29) is 5.95 Å². The number of hydrogen-bond acceptors (Lipinski definition) is 4. The first-order valence-electron chi connectivity index (χ1n) is 5.33. The molecule has 0 aliphatic rings. The predicted molar refractivity (Wildman–Crippen MR) is 65.8 cm³/mol. The average molecular weight is 230 g/mol. The van der Waals surface area contributed by atoms with Crippen molar-refractivity contribution >= 4 is 5.95 Å². The summed E-state index contributed by atoms with van der Waals surface area (Å²) in [5.74, 6) is 0.540. The Morgan fingerprint density at radius 2 is 2.00 bits per heavy atom. The topological polar surface area (TPSA) is 84.7 Å². The van der Waals surface area contributed by atoms with E-state index in [1.165, 1.54) is 11.1 Å². The fourth-order valence-electron chi connectivity index (χ4n) is 1.64. The molecule has 0 fully saturated rings. The summed E-state index contributed by atoms with van der Waals surface area (Å²) in [6, 6.07) is 6.14. The van der Waals surface area contributed by atoms with Gasteiger partial charge in [0.25, 0.3) is 0 Å².